The Morgan fingerprint density at radius 3 is 2.11 bits per heavy atom. The monoisotopic (exact) mass is 721 g/mol. The Labute approximate surface area is 272 Å². The molecule has 0 aliphatic heterocycles. The SMILES string of the molecule is CNC(=O)C(Cc1ccccc1)N(Cc1cccc(Br)c1)C(=O)CN(c1cc(C(F)(F)F)ccc1Cl)S(=O)(=O)c1ccccc1. The van der Waals surface area contributed by atoms with Crippen LogP contribution >= 0.6 is 27.5 Å². The quantitative estimate of drug-likeness (QED) is 0.187. The number of anilines is 1. The summed E-state index contributed by atoms with van der Waals surface area (Å²) >= 11 is 9.72. The maximum absolute atomic E-state index is 14.3. The van der Waals surface area contributed by atoms with E-state index in [0.29, 0.717) is 20.4 Å². The van der Waals surface area contributed by atoms with Crippen LogP contribution in [0.5, 0.6) is 0 Å². The first kappa shape index (κ1) is 34.0. The highest BCUT2D eigenvalue weighted by Gasteiger charge is 2.37. The lowest BCUT2D eigenvalue weighted by atomic mass is 10.0. The summed E-state index contributed by atoms with van der Waals surface area (Å²) in [6.07, 6.45) is -4.74. The van der Waals surface area contributed by atoms with Crippen LogP contribution in [0.3, 0.4) is 0 Å². The molecule has 13 heteroatoms. The molecule has 7 nitrogen and oxygen atoms in total. The standard InChI is InChI=1S/C32H28BrClF3N3O4S/c1-38-31(42)29(18-22-9-4-2-5-10-22)39(20-23-11-8-12-25(33)17-23)30(41)21-40(45(43,44)26-13-6-3-7-14-26)28-19-24(32(35,36)37)15-16-27(28)34/h2-17,19,29H,18,20-21H2,1H3,(H,38,42). The number of alkyl halides is 3. The number of benzene rings is 4. The average Bonchev–Trinajstić information content (AvgIpc) is 3.01. The second kappa shape index (κ2) is 14.5. The lowest BCUT2D eigenvalue weighted by Crippen LogP contribution is -2.53. The van der Waals surface area contributed by atoms with Gasteiger partial charge < -0.3 is 10.2 Å². The maximum Gasteiger partial charge on any atom is 0.416 e. The minimum atomic E-state index is -4.82. The second-order valence-corrected chi connectivity index (χ2v) is 13.1. The van der Waals surface area contributed by atoms with Crippen LogP contribution in [-0.2, 0) is 38.8 Å². The van der Waals surface area contributed by atoms with Gasteiger partial charge in [0.25, 0.3) is 10.0 Å². The van der Waals surface area contributed by atoms with Gasteiger partial charge in [-0.05, 0) is 53.6 Å². The van der Waals surface area contributed by atoms with E-state index in [0.717, 1.165) is 17.7 Å². The Morgan fingerprint density at radius 2 is 1.51 bits per heavy atom. The van der Waals surface area contributed by atoms with E-state index in [1.54, 1.807) is 60.7 Å². The first-order valence-corrected chi connectivity index (χ1v) is 16.2. The summed E-state index contributed by atoms with van der Waals surface area (Å²) in [5.74, 6) is -1.36. The molecule has 0 bridgehead atoms. The van der Waals surface area contributed by atoms with Gasteiger partial charge in [0.2, 0.25) is 11.8 Å². The molecule has 4 rings (SSSR count). The van der Waals surface area contributed by atoms with Crippen LogP contribution in [-0.4, -0.2) is 44.8 Å². The summed E-state index contributed by atoms with van der Waals surface area (Å²) in [5.41, 5.74) is -0.339. The average molecular weight is 723 g/mol. The molecule has 2 amide bonds. The lowest BCUT2D eigenvalue weighted by molar-refractivity contribution is -0.139. The minimum absolute atomic E-state index is 0.0794. The number of nitrogens with zero attached hydrogens (tertiary/aromatic N) is 2. The molecule has 1 unspecified atom stereocenters. The van der Waals surface area contributed by atoms with Gasteiger partial charge in [0.05, 0.1) is 21.2 Å². The third-order valence-electron chi connectivity index (χ3n) is 6.91. The van der Waals surface area contributed by atoms with Crippen molar-refractivity contribution >= 4 is 55.1 Å². The lowest BCUT2D eigenvalue weighted by Gasteiger charge is -2.34. The summed E-state index contributed by atoms with van der Waals surface area (Å²) < 4.78 is 70.5. The summed E-state index contributed by atoms with van der Waals surface area (Å²) in [5, 5.41) is 2.25. The number of amides is 2. The van der Waals surface area contributed by atoms with E-state index >= 15 is 0 Å². The number of hydrogen-bond donors (Lipinski definition) is 1. The van der Waals surface area contributed by atoms with Crippen molar-refractivity contribution in [2.24, 2.45) is 0 Å². The fraction of sp³-hybridized carbons (Fsp3) is 0.188. The highest BCUT2D eigenvalue weighted by Crippen LogP contribution is 2.37. The molecule has 236 valence electrons. The van der Waals surface area contributed by atoms with Crippen molar-refractivity contribution in [2.75, 3.05) is 17.9 Å². The molecule has 1 N–H and O–H groups in total. The molecule has 0 heterocycles. The van der Waals surface area contributed by atoms with E-state index in [-0.39, 0.29) is 22.9 Å². The summed E-state index contributed by atoms with van der Waals surface area (Å²) in [6.45, 7) is -1.06. The predicted molar refractivity (Wildman–Crippen MR) is 170 cm³/mol. The van der Waals surface area contributed by atoms with Crippen LogP contribution in [0.1, 0.15) is 16.7 Å². The summed E-state index contributed by atoms with van der Waals surface area (Å²) in [7, 11) is -3.22. The molecule has 45 heavy (non-hydrogen) atoms. The van der Waals surface area contributed by atoms with Gasteiger partial charge in [0.1, 0.15) is 12.6 Å². The van der Waals surface area contributed by atoms with Gasteiger partial charge in [-0.2, -0.15) is 13.2 Å². The smallest absolute Gasteiger partial charge is 0.357 e. The van der Waals surface area contributed by atoms with Crippen LogP contribution in [0.25, 0.3) is 0 Å². The molecule has 1 atom stereocenters. The van der Waals surface area contributed by atoms with Crippen molar-refractivity contribution in [3.8, 4) is 0 Å². The number of hydrogen-bond acceptors (Lipinski definition) is 4. The van der Waals surface area contributed by atoms with Crippen molar-refractivity contribution in [3.63, 3.8) is 0 Å². The predicted octanol–water partition coefficient (Wildman–Crippen LogP) is 6.70. The van der Waals surface area contributed by atoms with Crippen molar-refractivity contribution in [1.82, 2.24) is 10.2 Å². The van der Waals surface area contributed by atoms with Gasteiger partial charge in [-0.25, -0.2) is 8.42 Å². The van der Waals surface area contributed by atoms with E-state index in [9.17, 15) is 31.2 Å². The number of carbonyl (C=O) groups excluding carboxylic acids is 2. The Kier molecular flexibility index (Phi) is 10.9. The molecule has 0 radical (unpaired) electrons. The molecule has 0 saturated heterocycles. The van der Waals surface area contributed by atoms with Crippen molar-refractivity contribution in [2.45, 2.75) is 30.1 Å². The van der Waals surface area contributed by atoms with Gasteiger partial charge in [-0.3, -0.25) is 13.9 Å². The van der Waals surface area contributed by atoms with E-state index in [4.69, 9.17) is 11.6 Å². The molecule has 0 aliphatic rings. The number of rotatable bonds is 11. The maximum atomic E-state index is 14.3. The molecule has 4 aromatic carbocycles. The van der Waals surface area contributed by atoms with Crippen LogP contribution in [0.15, 0.2) is 112 Å². The number of sulfonamides is 1. The van der Waals surface area contributed by atoms with E-state index in [1.165, 1.54) is 36.2 Å². The van der Waals surface area contributed by atoms with E-state index in [2.05, 4.69) is 21.2 Å². The van der Waals surface area contributed by atoms with Crippen molar-refractivity contribution in [3.05, 3.63) is 129 Å². The normalized spacial score (nSPS) is 12.3. The molecule has 0 saturated carbocycles. The minimum Gasteiger partial charge on any atom is -0.357 e. The first-order valence-electron chi connectivity index (χ1n) is 13.5. The second-order valence-electron chi connectivity index (χ2n) is 9.96. The van der Waals surface area contributed by atoms with Gasteiger partial charge in [0.15, 0.2) is 0 Å². The molecular weight excluding hydrogens is 695 g/mol. The Hall–Kier alpha value is -3.87. The number of nitrogens with one attached hydrogen (secondary N) is 1. The molecule has 0 spiro atoms. The Balaban J connectivity index is 1.85. The van der Waals surface area contributed by atoms with Crippen molar-refractivity contribution < 1.29 is 31.2 Å². The molecule has 0 aromatic heterocycles. The zero-order valence-corrected chi connectivity index (χ0v) is 27.0. The fourth-order valence-electron chi connectivity index (χ4n) is 4.67. The van der Waals surface area contributed by atoms with E-state index in [1.807, 2.05) is 0 Å². The van der Waals surface area contributed by atoms with Gasteiger partial charge >= 0.3 is 6.18 Å². The molecule has 0 aliphatic carbocycles. The summed E-state index contributed by atoms with van der Waals surface area (Å²) in [6, 6.07) is 24.0. The van der Waals surface area contributed by atoms with Crippen LogP contribution < -0.4 is 9.62 Å². The van der Waals surface area contributed by atoms with Crippen molar-refractivity contribution in [1.29, 1.82) is 0 Å². The molecular formula is C32H28BrClF3N3O4S. The number of halogens is 5. The van der Waals surface area contributed by atoms with Gasteiger partial charge in [-0.15, -0.1) is 0 Å². The largest absolute Gasteiger partial charge is 0.416 e. The fourth-order valence-corrected chi connectivity index (χ4v) is 6.83. The van der Waals surface area contributed by atoms with Crippen LogP contribution in [0.4, 0.5) is 18.9 Å². The van der Waals surface area contributed by atoms with Crippen LogP contribution in [0, 0.1) is 0 Å². The van der Waals surface area contributed by atoms with Gasteiger partial charge in [0, 0.05) is 24.5 Å². The Morgan fingerprint density at radius 1 is 0.889 bits per heavy atom. The topological polar surface area (TPSA) is 86.8 Å². The zero-order valence-electron chi connectivity index (χ0n) is 23.8. The highest BCUT2D eigenvalue weighted by atomic mass is 79.9. The first-order chi connectivity index (χ1) is 21.3. The molecule has 4 aromatic rings. The van der Waals surface area contributed by atoms with E-state index < -0.39 is 51.9 Å². The van der Waals surface area contributed by atoms with Gasteiger partial charge in [-0.1, -0.05) is 88.2 Å². The highest BCUT2D eigenvalue weighted by molar-refractivity contribution is 9.10. The number of likely N-dealkylation sites (N-methyl/N-ethyl adjacent to an activating group) is 1. The molecule has 0 fully saturated rings. The van der Waals surface area contributed by atoms with Crippen LogP contribution in [0.2, 0.25) is 5.02 Å². The zero-order chi connectivity index (χ0) is 32.8. The third kappa shape index (κ3) is 8.44. The summed E-state index contributed by atoms with van der Waals surface area (Å²) in [4.78, 5) is 28.6. The third-order valence-corrected chi connectivity index (χ3v) is 9.50. The Bertz CT molecular complexity index is 1760. The number of carbonyl (C=O) groups is 2.